The summed E-state index contributed by atoms with van der Waals surface area (Å²) in [5.41, 5.74) is 1.07. The monoisotopic (exact) mass is 256 g/mol. The van der Waals surface area contributed by atoms with Crippen LogP contribution in [0, 0.1) is 0 Å². The first-order chi connectivity index (χ1) is 7.70. The summed E-state index contributed by atoms with van der Waals surface area (Å²) < 4.78 is 1.89. The third kappa shape index (κ3) is 1.25. The van der Waals surface area contributed by atoms with Crippen molar-refractivity contribution in [3.05, 3.63) is 27.9 Å². The molecule has 0 unspecified atom stereocenters. The van der Waals surface area contributed by atoms with E-state index in [4.69, 9.17) is 23.2 Å². The number of aromatic hydroxyl groups is 1. The van der Waals surface area contributed by atoms with Gasteiger partial charge in [-0.25, -0.2) is 0 Å². The topological polar surface area (TPSA) is 37.2 Å². The largest absolute Gasteiger partial charge is 0.494 e. The highest BCUT2D eigenvalue weighted by molar-refractivity contribution is 6.45. The molecule has 1 aromatic heterocycles. The Morgan fingerprint density at radius 2 is 2.12 bits per heavy atom. The van der Waals surface area contributed by atoms with Crippen molar-refractivity contribution in [2.45, 2.75) is 13.1 Å². The standard InChI is InChI=1S/C11H10Cl2N2O/c12-7-2-1-6-8-5-14-3-4-15(8)11(16)9(6)10(7)13/h1-2,14,16H,3-5H2. The quantitative estimate of drug-likeness (QED) is 0.761. The van der Waals surface area contributed by atoms with E-state index in [9.17, 15) is 5.11 Å². The van der Waals surface area contributed by atoms with Crippen molar-refractivity contribution < 1.29 is 5.11 Å². The average Bonchev–Trinajstić information content (AvgIpc) is 2.59. The van der Waals surface area contributed by atoms with Gasteiger partial charge in [0.15, 0.2) is 0 Å². The number of nitrogens with zero attached hydrogens (tertiary/aromatic N) is 1. The lowest BCUT2D eigenvalue weighted by Crippen LogP contribution is -2.27. The number of nitrogens with one attached hydrogen (secondary N) is 1. The van der Waals surface area contributed by atoms with Crippen molar-refractivity contribution in [1.29, 1.82) is 0 Å². The molecule has 2 aromatic rings. The molecule has 0 spiro atoms. The lowest BCUT2D eigenvalue weighted by molar-refractivity contribution is 0.396. The number of rotatable bonds is 0. The Balaban J connectivity index is 2.44. The SMILES string of the molecule is Oc1c2c(Cl)c(Cl)ccc2c2n1CCNC2. The third-order valence-electron chi connectivity index (χ3n) is 3.02. The number of halogens is 2. The van der Waals surface area contributed by atoms with Crippen molar-refractivity contribution in [3.8, 4) is 5.88 Å². The second-order valence-corrected chi connectivity index (χ2v) is 4.67. The fourth-order valence-electron chi connectivity index (χ4n) is 2.25. The molecular formula is C11H10Cl2N2O. The molecule has 0 bridgehead atoms. The fraction of sp³-hybridized carbons (Fsp3) is 0.273. The lowest BCUT2D eigenvalue weighted by atomic mass is 10.1. The molecule has 1 aliphatic rings. The smallest absolute Gasteiger partial charge is 0.200 e. The summed E-state index contributed by atoms with van der Waals surface area (Å²) in [5.74, 6) is 0.221. The van der Waals surface area contributed by atoms with Crippen molar-refractivity contribution in [2.75, 3.05) is 6.54 Å². The minimum Gasteiger partial charge on any atom is -0.494 e. The van der Waals surface area contributed by atoms with Crippen molar-refractivity contribution in [2.24, 2.45) is 0 Å². The maximum absolute atomic E-state index is 10.1. The lowest BCUT2D eigenvalue weighted by Gasteiger charge is -2.16. The Bertz CT molecular complexity index is 577. The number of hydrogen-bond donors (Lipinski definition) is 2. The zero-order valence-electron chi connectivity index (χ0n) is 8.43. The molecule has 0 radical (unpaired) electrons. The van der Waals surface area contributed by atoms with E-state index in [0.717, 1.165) is 30.7 Å². The van der Waals surface area contributed by atoms with Crippen molar-refractivity contribution in [1.82, 2.24) is 9.88 Å². The molecular weight excluding hydrogens is 247 g/mol. The summed E-state index contributed by atoms with van der Waals surface area (Å²) in [6.07, 6.45) is 0. The van der Waals surface area contributed by atoms with Crippen LogP contribution in [0.3, 0.4) is 0 Å². The van der Waals surface area contributed by atoms with E-state index >= 15 is 0 Å². The summed E-state index contributed by atoms with van der Waals surface area (Å²) in [5, 5.41) is 15.9. The summed E-state index contributed by atoms with van der Waals surface area (Å²) in [6.45, 7) is 2.35. The summed E-state index contributed by atoms with van der Waals surface area (Å²) in [6, 6.07) is 3.67. The maximum Gasteiger partial charge on any atom is 0.200 e. The molecule has 0 saturated carbocycles. The van der Waals surface area contributed by atoms with Crippen LogP contribution in [0.25, 0.3) is 10.8 Å². The van der Waals surface area contributed by atoms with E-state index < -0.39 is 0 Å². The Morgan fingerprint density at radius 1 is 1.31 bits per heavy atom. The highest BCUT2D eigenvalue weighted by atomic mass is 35.5. The predicted octanol–water partition coefficient (Wildman–Crippen LogP) is 2.76. The van der Waals surface area contributed by atoms with Gasteiger partial charge in [0.2, 0.25) is 5.88 Å². The van der Waals surface area contributed by atoms with Crippen LogP contribution in [0.1, 0.15) is 5.69 Å². The van der Waals surface area contributed by atoms with Gasteiger partial charge in [0.05, 0.1) is 15.4 Å². The van der Waals surface area contributed by atoms with E-state index in [1.165, 1.54) is 0 Å². The first kappa shape index (κ1) is 10.3. The van der Waals surface area contributed by atoms with Gasteiger partial charge in [-0.2, -0.15) is 0 Å². The molecule has 2 N–H and O–H groups in total. The molecule has 0 saturated heterocycles. The summed E-state index contributed by atoms with van der Waals surface area (Å²) in [4.78, 5) is 0. The number of aromatic nitrogens is 1. The van der Waals surface area contributed by atoms with Crippen molar-refractivity contribution in [3.63, 3.8) is 0 Å². The van der Waals surface area contributed by atoms with Crippen LogP contribution in [-0.2, 0) is 13.1 Å². The second kappa shape index (κ2) is 3.55. The minimum absolute atomic E-state index is 0.221. The molecule has 0 aliphatic carbocycles. The van der Waals surface area contributed by atoms with Crippen molar-refractivity contribution >= 4 is 34.0 Å². The zero-order valence-corrected chi connectivity index (χ0v) is 9.94. The van der Waals surface area contributed by atoms with Crippen LogP contribution in [0.2, 0.25) is 10.0 Å². The Kier molecular flexibility index (Phi) is 2.28. The molecule has 0 fully saturated rings. The molecule has 2 heterocycles. The molecule has 0 amide bonds. The molecule has 0 atom stereocenters. The van der Waals surface area contributed by atoms with Crippen LogP contribution in [-0.4, -0.2) is 16.2 Å². The Hall–Kier alpha value is -0.900. The van der Waals surface area contributed by atoms with Crippen LogP contribution in [0.15, 0.2) is 12.1 Å². The first-order valence-electron chi connectivity index (χ1n) is 5.09. The maximum atomic E-state index is 10.1. The van der Waals surface area contributed by atoms with Gasteiger partial charge in [-0.3, -0.25) is 0 Å². The Labute approximate surface area is 103 Å². The van der Waals surface area contributed by atoms with E-state index in [1.54, 1.807) is 6.07 Å². The number of hydrogen-bond acceptors (Lipinski definition) is 2. The van der Waals surface area contributed by atoms with Crippen LogP contribution >= 0.6 is 23.2 Å². The molecule has 1 aromatic carbocycles. The molecule has 3 nitrogen and oxygen atoms in total. The molecule has 3 rings (SSSR count). The molecule has 5 heteroatoms. The van der Waals surface area contributed by atoms with E-state index in [0.29, 0.717) is 15.4 Å². The minimum atomic E-state index is 0.221. The third-order valence-corrected chi connectivity index (χ3v) is 3.82. The fourth-order valence-corrected chi connectivity index (χ4v) is 2.65. The highest BCUT2D eigenvalue weighted by Gasteiger charge is 2.21. The van der Waals surface area contributed by atoms with E-state index in [2.05, 4.69) is 5.32 Å². The predicted molar refractivity (Wildman–Crippen MR) is 65.3 cm³/mol. The molecule has 16 heavy (non-hydrogen) atoms. The van der Waals surface area contributed by atoms with Gasteiger partial charge in [-0.15, -0.1) is 0 Å². The summed E-state index contributed by atoms with van der Waals surface area (Å²) in [7, 11) is 0. The second-order valence-electron chi connectivity index (χ2n) is 3.88. The van der Waals surface area contributed by atoms with Crippen LogP contribution < -0.4 is 5.32 Å². The van der Waals surface area contributed by atoms with Gasteiger partial charge in [0.1, 0.15) is 0 Å². The summed E-state index contributed by atoms with van der Waals surface area (Å²) >= 11 is 12.1. The van der Waals surface area contributed by atoms with Crippen LogP contribution in [0.4, 0.5) is 0 Å². The van der Waals surface area contributed by atoms with E-state index in [-0.39, 0.29) is 5.88 Å². The zero-order chi connectivity index (χ0) is 11.3. The first-order valence-corrected chi connectivity index (χ1v) is 5.84. The van der Waals surface area contributed by atoms with Gasteiger partial charge in [0.25, 0.3) is 0 Å². The normalized spacial score (nSPS) is 15.4. The average molecular weight is 257 g/mol. The van der Waals surface area contributed by atoms with Gasteiger partial charge < -0.3 is 15.0 Å². The highest BCUT2D eigenvalue weighted by Crippen LogP contribution is 2.40. The van der Waals surface area contributed by atoms with Gasteiger partial charge in [-0.1, -0.05) is 29.3 Å². The molecule has 1 aliphatic heterocycles. The van der Waals surface area contributed by atoms with E-state index in [1.807, 2.05) is 10.6 Å². The van der Waals surface area contributed by atoms with Gasteiger partial charge in [-0.05, 0) is 6.07 Å². The molecule has 84 valence electrons. The number of benzene rings is 1. The number of fused-ring (bicyclic) bond motifs is 3. The Morgan fingerprint density at radius 3 is 2.94 bits per heavy atom. The van der Waals surface area contributed by atoms with Gasteiger partial charge in [0, 0.05) is 30.7 Å². The van der Waals surface area contributed by atoms with Gasteiger partial charge >= 0.3 is 0 Å². The van der Waals surface area contributed by atoms with Crippen LogP contribution in [0.5, 0.6) is 5.88 Å².